The summed E-state index contributed by atoms with van der Waals surface area (Å²) in [6, 6.07) is 2.28. The lowest BCUT2D eigenvalue weighted by atomic mass is 10.00. The highest BCUT2D eigenvalue weighted by atomic mass is 16.7. The summed E-state index contributed by atoms with van der Waals surface area (Å²) < 4.78 is 10.1. The minimum Gasteiger partial charge on any atom is -0.356 e. The second kappa shape index (κ2) is 8.03. The predicted molar refractivity (Wildman–Crippen MR) is 51.1 cm³/mol. The molecule has 3 nitrogen and oxygen atoms in total. The maximum Gasteiger partial charge on any atom is 0.158 e. The van der Waals surface area contributed by atoms with Crippen LogP contribution in [0.4, 0.5) is 0 Å². The molecule has 0 bridgehead atoms. The first kappa shape index (κ1) is 12.4. The highest BCUT2D eigenvalue weighted by Gasteiger charge is 2.14. The number of unbranched alkanes of at least 4 members (excludes halogenated alkanes) is 1. The summed E-state index contributed by atoms with van der Waals surface area (Å²) in [7, 11) is 3.20. The zero-order valence-corrected chi connectivity index (χ0v) is 8.75. The monoisotopic (exact) mass is 185 g/mol. The van der Waals surface area contributed by atoms with Crippen LogP contribution in [-0.2, 0) is 9.47 Å². The van der Waals surface area contributed by atoms with Gasteiger partial charge in [-0.15, -0.1) is 0 Å². The zero-order chi connectivity index (χ0) is 10.1. The smallest absolute Gasteiger partial charge is 0.158 e. The summed E-state index contributed by atoms with van der Waals surface area (Å²) in [6.07, 6.45) is 3.60. The highest BCUT2D eigenvalue weighted by Crippen LogP contribution is 2.15. The third-order valence-electron chi connectivity index (χ3n) is 2.09. The fraction of sp³-hybridized carbons (Fsp3) is 0.900. The van der Waals surface area contributed by atoms with Crippen molar-refractivity contribution in [3.63, 3.8) is 0 Å². The van der Waals surface area contributed by atoms with Crippen LogP contribution in [0.15, 0.2) is 0 Å². The van der Waals surface area contributed by atoms with Gasteiger partial charge in [-0.05, 0) is 6.42 Å². The van der Waals surface area contributed by atoms with Crippen LogP contribution in [0.5, 0.6) is 0 Å². The predicted octanol–water partition coefficient (Wildman–Crippen LogP) is 2.33. The Balaban J connectivity index is 3.76. The van der Waals surface area contributed by atoms with Crippen molar-refractivity contribution in [1.29, 1.82) is 5.26 Å². The van der Waals surface area contributed by atoms with Crippen molar-refractivity contribution in [3.05, 3.63) is 0 Å². The van der Waals surface area contributed by atoms with Gasteiger partial charge in [0.2, 0.25) is 0 Å². The van der Waals surface area contributed by atoms with Crippen LogP contribution in [0, 0.1) is 17.2 Å². The van der Waals surface area contributed by atoms with Gasteiger partial charge in [-0.2, -0.15) is 5.26 Å². The summed E-state index contributed by atoms with van der Waals surface area (Å²) in [5.74, 6) is 0.0600. The van der Waals surface area contributed by atoms with Crippen LogP contribution in [0.3, 0.4) is 0 Å². The molecule has 0 radical (unpaired) electrons. The van der Waals surface area contributed by atoms with Crippen LogP contribution in [0.2, 0.25) is 0 Å². The SMILES string of the molecule is CCCCC(C#N)CC(OC)OC. The number of hydrogen-bond donors (Lipinski definition) is 0. The molecule has 0 rings (SSSR count). The van der Waals surface area contributed by atoms with Gasteiger partial charge in [0.05, 0.1) is 12.0 Å². The Morgan fingerprint density at radius 1 is 1.31 bits per heavy atom. The first-order valence-electron chi connectivity index (χ1n) is 4.73. The molecule has 0 aromatic heterocycles. The van der Waals surface area contributed by atoms with Crippen molar-refractivity contribution in [1.82, 2.24) is 0 Å². The van der Waals surface area contributed by atoms with E-state index in [0.29, 0.717) is 6.42 Å². The van der Waals surface area contributed by atoms with E-state index >= 15 is 0 Å². The molecule has 0 aliphatic carbocycles. The maximum absolute atomic E-state index is 8.83. The Kier molecular flexibility index (Phi) is 7.66. The molecule has 0 aliphatic heterocycles. The second-order valence-corrected chi connectivity index (χ2v) is 3.10. The first-order valence-corrected chi connectivity index (χ1v) is 4.73. The van der Waals surface area contributed by atoms with Crippen LogP contribution < -0.4 is 0 Å². The number of ether oxygens (including phenoxy) is 2. The van der Waals surface area contributed by atoms with Crippen LogP contribution in [0.1, 0.15) is 32.6 Å². The van der Waals surface area contributed by atoms with Crippen molar-refractivity contribution in [2.24, 2.45) is 5.92 Å². The van der Waals surface area contributed by atoms with Crippen molar-refractivity contribution < 1.29 is 9.47 Å². The maximum atomic E-state index is 8.83. The lowest BCUT2D eigenvalue weighted by Crippen LogP contribution is -2.17. The molecule has 0 fully saturated rings. The summed E-state index contributed by atoms with van der Waals surface area (Å²) in [6.45, 7) is 2.12. The normalized spacial score (nSPS) is 12.8. The molecule has 76 valence electrons. The van der Waals surface area contributed by atoms with Gasteiger partial charge in [0.1, 0.15) is 0 Å². The Morgan fingerprint density at radius 2 is 1.92 bits per heavy atom. The average Bonchev–Trinajstić information content (AvgIpc) is 2.19. The number of hydrogen-bond acceptors (Lipinski definition) is 3. The van der Waals surface area contributed by atoms with Crippen molar-refractivity contribution in [3.8, 4) is 6.07 Å². The third-order valence-corrected chi connectivity index (χ3v) is 2.09. The molecule has 0 aromatic carbocycles. The van der Waals surface area contributed by atoms with Crippen LogP contribution in [-0.4, -0.2) is 20.5 Å². The molecule has 3 heteroatoms. The van der Waals surface area contributed by atoms with Gasteiger partial charge < -0.3 is 9.47 Å². The second-order valence-electron chi connectivity index (χ2n) is 3.10. The topological polar surface area (TPSA) is 42.2 Å². The Labute approximate surface area is 80.6 Å². The van der Waals surface area contributed by atoms with E-state index in [2.05, 4.69) is 13.0 Å². The molecule has 0 aromatic rings. The van der Waals surface area contributed by atoms with Gasteiger partial charge in [0.15, 0.2) is 6.29 Å². The number of nitriles is 1. The van der Waals surface area contributed by atoms with E-state index in [9.17, 15) is 0 Å². The first-order chi connectivity index (χ1) is 6.28. The van der Waals surface area contributed by atoms with E-state index in [-0.39, 0.29) is 12.2 Å². The van der Waals surface area contributed by atoms with Gasteiger partial charge in [0.25, 0.3) is 0 Å². The molecule has 0 heterocycles. The molecule has 1 atom stereocenters. The van der Waals surface area contributed by atoms with Crippen molar-refractivity contribution >= 4 is 0 Å². The molecule has 0 amide bonds. The minimum absolute atomic E-state index is 0.0600. The number of methoxy groups -OCH3 is 2. The van der Waals surface area contributed by atoms with E-state index < -0.39 is 0 Å². The zero-order valence-electron chi connectivity index (χ0n) is 8.75. The Hall–Kier alpha value is -0.590. The van der Waals surface area contributed by atoms with E-state index in [1.54, 1.807) is 14.2 Å². The van der Waals surface area contributed by atoms with Crippen molar-refractivity contribution in [2.75, 3.05) is 14.2 Å². The van der Waals surface area contributed by atoms with Gasteiger partial charge in [-0.25, -0.2) is 0 Å². The van der Waals surface area contributed by atoms with Crippen LogP contribution in [0.25, 0.3) is 0 Å². The molecule has 0 saturated heterocycles. The lowest BCUT2D eigenvalue weighted by Gasteiger charge is -2.16. The molecule has 0 N–H and O–H groups in total. The third kappa shape index (κ3) is 5.62. The number of nitrogens with zero attached hydrogens (tertiary/aromatic N) is 1. The van der Waals surface area contributed by atoms with E-state index in [1.807, 2.05) is 0 Å². The number of rotatable bonds is 7. The standard InChI is InChI=1S/C10H19NO2/c1-4-5-6-9(8-11)7-10(12-2)13-3/h9-10H,4-7H2,1-3H3. The molecular formula is C10H19NO2. The molecule has 0 aliphatic rings. The van der Waals surface area contributed by atoms with E-state index in [4.69, 9.17) is 14.7 Å². The van der Waals surface area contributed by atoms with Gasteiger partial charge >= 0.3 is 0 Å². The largest absolute Gasteiger partial charge is 0.356 e. The Bertz CT molecular complexity index is 149. The fourth-order valence-electron chi connectivity index (χ4n) is 1.21. The molecule has 13 heavy (non-hydrogen) atoms. The van der Waals surface area contributed by atoms with Gasteiger partial charge in [-0.1, -0.05) is 19.8 Å². The van der Waals surface area contributed by atoms with Crippen LogP contribution >= 0.6 is 0 Å². The highest BCUT2D eigenvalue weighted by molar-refractivity contribution is 4.83. The molecule has 0 spiro atoms. The summed E-state index contributed by atoms with van der Waals surface area (Å²) in [5, 5.41) is 8.83. The van der Waals surface area contributed by atoms with Crippen molar-refractivity contribution in [2.45, 2.75) is 38.9 Å². The molecular weight excluding hydrogens is 166 g/mol. The average molecular weight is 185 g/mol. The quantitative estimate of drug-likeness (QED) is 0.572. The summed E-state index contributed by atoms with van der Waals surface area (Å²) in [5.41, 5.74) is 0. The minimum atomic E-state index is -0.235. The van der Waals surface area contributed by atoms with Gasteiger partial charge in [0, 0.05) is 20.6 Å². The van der Waals surface area contributed by atoms with E-state index in [0.717, 1.165) is 19.3 Å². The molecule has 1 unspecified atom stereocenters. The fourth-order valence-corrected chi connectivity index (χ4v) is 1.21. The summed E-state index contributed by atoms with van der Waals surface area (Å²) >= 11 is 0. The summed E-state index contributed by atoms with van der Waals surface area (Å²) in [4.78, 5) is 0. The molecule has 0 saturated carbocycles. The Morgan fingerprint density at radius 3 is 2.31 bits per heavy atom. The van der Waals surface area contributed by atoms with E-state index in [1.165, 1.54) is 0 Å². The lowest BCUT2D eigenvalue weighted by molar-refractivity contribution is -0.111. The van der Waals surface area contributed by atoms with Gasteiger partial charge in [-0.3, -0.25) is 0 Å².